The number of aromatic nitrogens is 1. The maximum Gasteiger partial charge on any atom is 0.180 e. The van der Waals surface area contributed by atoms with Crippen LogP contribution >= 0.6 is 11.6 Å². The Balaban J connectivity index is 2.22. The second kappa shape index (κ2) is 6.72. The Morgan fingerprint density at radius 1 is 1.29 bits per heavy atom. The first kappa shape index (κ1) is 15.5. The molecule has 0 amide bonds. The van der Waals surface area contributed by atoms with Crippen LogP contribution in [0.25, 0.3) is 0 Å². The second-order valence-corrected chi connectivity index (χ2v) is 5.39. The van der Waals surface area contributed by atoms with Crippen molar-refractivity contribution in [3.8, 4) is 0 Å². The molecule has 4 heteroatoms. The lowest BCUT2D eigenvalue weighted by Crippen LogP contribution is -2.22. The SMILES string of the molecule is CCC(=O)c1ccc(N(C)C(C)c2ccccc2Cl)cn1. The Morgan fingerprint density at radius 2 is 2.00 bits per heavy atom. The van der Waals surface area contributed by atoms with Gasteiger partial charge in [0.2, 0.25) is 0 Å². The molecule has 1 aromatic heterocycles. The predicted octanol–water partition coefficient (Wildman–Crippen LogP) is 4.53. The van der Waals surface area contributed by atoms with Crippen LogP contribution in [0.4, 0.5) is 5.69 Å². The van der Waals surface area contributed by atoms with Crippen LogP contribution in [0.3, 0.4) is 0 Å². The van der Waals surface area contributed by atoms with Gasteiger partial charge in [-0.2, -0.15) is 0 Å². The minimum absolute atomic E-state index is 0.0587. The highest BCUT2D eigenvalue weighted by molar-refractivity contribution is 6.31. The Morgan fingerprint density at radius 3 is 2.57 bits per heavy atom. The maximum atomic E-state index is 11.6. The van der Waals surface area contributed by atoms with Crippen molar-refractivity contribution in [1.29, 1.82) is 0 Å². The summed E-state index contributed by atoms with van der Waals surface area (Å²) in [5.41, 5.74) is 2.53. The fourth-order valence-electron chi connectivity index (χ4n) is 2.19. The Bertz CT molecular complexity index is 625. The van der Waals surface area contributed by atoms with Gasteiger partial charge in [0, 0.05) is 18.5 Å². The minimum Gasteiger partial charge on any atom is -0.367 e. The van der Waals surface area contributed by atoms with Crippen LogP contribution in [0.1, 0.15) is 42.4 Å². The summed E-state index contributed by atoms with van der Waals surface area (Å²) >= 11 is 6.25. The molecule has 2 aromatic rings. The molecular formula is C17H19ClN2O. The summed E-state index contributed by atoms with van der Waals surface area (Å²) in [5, 5.41) is 0.752. The van der Waals surface area contributed by atoms with Crippen LogP contribution in [0.15, 0.2) is 42.6 Å². The molecule has 0 bridgehead atoms. The standard InChI is InChI=1S/C17H19ClN2O/c1-4-17(21)16-10-9-13(11-19-16)20(3)12(2)14-7-5-6-8-15(14)18/h5-12H,4H2,1-3H3. The second-order valence-electron chi connectivity index (χ2n) is 4.99. The van der Waals surface area contributed by atoms with Gasteiger partial charge in [-0.3, -0.25) is 9.78 Å². The third-order valence-electron chi connectivity index (χ3n) is 3.70. The number of ketones is 1. The normalized spacial score (nSPS) is 12.0. The number of nitrogens with zero attached hydrogens (tertiary/aromatic N) is 2. The number of anilines is 1. The molecule has 0 fully saturated rings. The molecule has 0 radical (unpaired) electrons. The van der Waals surface area contributed by atoms with E-state index in [4.69, 9.17) is 11.6 Å². The zero-order valence-electron chi connectivity index (χ0n) is 12.5. The molecule has 21 heavy (non-hydrogen) atoms. The number of halogens is 1. The largest absolute Gasteiger partial charge is 0.367 e. The minimum atomic E-state index is 0.0587. The van der Waals surface area contributed by atoms with Crippen molar-refractivity contribution < 1.29 is 4.79 Å². The molecule has 110 valence electrons. The van der Waals surface area contributed by atoms with Crippen molar-refractivity contribution in [3.63, 3.8) is 0 Å². The van der Waals surface area contributed by atoms with E-state index in [-0.39, 0.29) is 11.8 Å². The molecule has 1 atom stereocenters. The van der Waals surface area contributed by atoms with Crippen molar-refractivity contribution in [2.75, 3.05) is 11.9 Å². The number of carbonyl (C=O) groups excluding carboxylic acids is 1. The average Bonchev–Trinajstić information content (AvgIpc) is 2.53. The fraction of sp³-hybridized carbons (Fsp3) is 0.294. The lowest BCUT2D eigenvalue weighted by Gasteiger charge is -2.27. The zero-order valence-corrected chi connectivity index (χ0v) is 13.3. The summed E-state index contributed by atoms with van der Waals surface area (Å²) < 4.78 is 0. The number of pyridine rings is 1. The summed E-state index contributed by atoms with van der Waals surface area (Å²) in [4.78, 5) is 17.9. The summed E-state index contributed by atoms with van der Waals surface area (Å²) in [5.74, 6) is 0.0587. The van der Waals surface area contributed by atoms with Gasteiger partial charge in [0.05, 0.1) is 17.9 Å². The van der Waals surface area contributed by atoms with E-state index < -0.39 is 0 Å². The van der Waals surface area contributed by atoms with Gasteiger partial charge < -0.3 is 4.90 Å². The lowest BCUT2D eigenvalue weighted by atomic mass is 10.1. The van der Waals surface area contributed by atoms with Gasteiger partial charge in [-0.1, -0.05) is 36.7 Å². The summed E-state index contributed by atoms with van der Waals surface area (Å²) in [6, 6.07) is 11.6. The van der Waals surface area contributed by atoms with Gasteiger partial charge in [0.1, 0.15) is 5.69 Å². The fourth-order valence-corrected chi connectivity index (χ4v) is 2.48. The highest BCUT2D eigenvalue weighted by Gasteiger charge is 2.15. The van der Waals surface area contributed by atoms with E-state index in [0.717, 1.165) is 16.3 Å². The van der Waals surface area contributed by atoms with E-state index in [9.17, 15) is 4.79 Å². The van der Waals surface area contributed by atoms with Crippen molar-refractivity contribution in [2.45, 2.75) is 26.3 Å². The van der Waals surface area contributed by atoms with Gasteiger partial charge in [-0.25, -0.2) is 0 Å². The van der Waals surface area contributed by atoms with Crippen molar-refractivity contribution in [2.24, 2.45) is 0 Å². The summed E-state index contributed by atoms with van der Waals surface area (Å²) in [6.07, 6.45) is 2.20. The van der Waals surface area contributed by atoms with Crippen LogP contribution in [-0.4, -0.2) is 17.8 Å². The monoisotopic (exact) mass is 302 g/mol. The average molecular weight is 303 g/mol. The zero-order chi connectivity index (χ0) is 15.4. The highest BCUT2D eigenvalue weighted by Crippen LogP contribution is 2.29. The molecule has 0 aliphatic heterocycles. The van der Waals surface area contributed by atoms with Crippen molar-refractivity contribution in [1.82, 2.24) is 4.98 Å². The number of rotatable bonds is 5. The number of Topliss-reactive ketones (excluding diaryl/α,β-unsaturated/α-hetero) is 1. The first-order valence-electron chi connectivity index (χ1n) is 7.01. The Hall–Kier alpha value is -1.87. The van der Waals surface area contributed by atoms with Crippen LogP contribution in [-0.2, 0) is 0 Å². The molecule has 0 aliphatic rings. The van der Waals surface area contributed by atoms with E-state index in [0.29, 0.717) is 12.1 Å². The lowest BCUT2D eigenvalue weighted by molar-refractivity contribution is 0.0983. The molecule has 0 spiro atoms. The van der Waals surface area contributed by atoms with Gasteiger partial charge >= 0.3 is 0 Å². The number of hydrogen-bond acceptors (Lipinski definition) is 3. The first-order valence-corrected chi connectivity index (χ1v) is 7.39. The van der Waals surface area contributed by atoms with Gasteiger partial charge in [0.15, 0.2) is 5.78 Å². The smallest absolute Gasteiger partial charge is 0.180 e. The van der Waals surface area contributed by atoms with E-state index >= 15 is 0 Å². The molecule has 1 heterocycles. The third-order valence-corrected chi connectivity index (χ3v) is 4.04. The Labute approximate surface area is 130 Å². The molecule has 0 saturated carbocycles. The first-order chi connectivity index (χ1) is 10.0. The molecule has 3 nitrogen and oxygen atoms in total. The Kier molecular flexibility index (Phi) is 4.97. The van der Waals surface area contributed by atoms with E-state index in [1.165, 1.54) is 0 Å². The van der Waals surface area contributed by atoms with Gasteiger partial charge in [-0.05, 0) is 30.7 Å². The molecule has 0 aliphatic carbocycles. The molecule has 0 saturated heterocycles. The van der Waals surface area contributed by atoms with Crippen molar-refractivity contribution in [3.05, 3.63) is 58.9 Å². The topological polar surface area (TPSA) is 33.2 Å². The van der Waals surface area contributed by atoms with Crippen LogP contribution in [0.2, 0.25) is 5.02 Å². The van der Waals surface area contributed by atoms with E-state index in [1.54, 1.807) is 12.3 Å². The van der Waals surface area contributed by atoms with Crippen molar-refractivity contribution >= 4 is 23.1 Å². The summed E-state index contributed by atoms with van der Waals surface area (Å²) in [7, 11) is 1.99. The van der Waals surface area contributed by atoms with Gasteiger partial charge in [0.25, 0.3) is 0 Å². The quantitative estimate of drug-likeness (QED) is 0.761. The van der Waals surface area contributed by atoms with Crippen LogP contribution in [0, 0.1) is 0 Å². The molecular weight excluding hydrogens is 284 g/mol. The summed E-state index contributed by atoms with van der Waals surface area (Å²) in [6.45, 7) is 3.93. The molecule has 1 unspecified atom stereocenters. The van der Waals surface area contributed by atoms with E-state index in [2.05, 4.69) is 16.8 Å². The highest BCUT2D eigenvalue weighted by atomic mass is 35.5. The number of hydrogen-bond donors (Lipinski definition) is 0. The van der Waals surface area contributed by atoms with E-state index in [1.807, 2.05) is 44.3 Å². The number of benzene rings is 1. The predicted molar refractivity (Wildman–Crippen MR) is 87.1 cm³/mol. The third kappa shape index (κ3) is 3.42. The number of carbonyl (C=O) groups is 1. The van der Waals surface area contributed by atoms with Gasteiger partial charge in [-0.15, -0.1) is 0 Å². The van der Waals surface area contributed by atoms with Crippen LogP contribution < -0.4 is 4.90 Å². The maximum absolute atomic E-state index is 11.6. The van der Waals surface area contributed by atoms with Crippen LogP contribution in [0.5, 0.6) is 0 Å². The molecule has 1 aromatic carbocycles. The molecule has 2 rings (SSSR count). The molecule has 0 N–H and O–H groups in total.